The molecule has 2 N–H and O–H groups in total. The SMILES string of the molecule is Cc1nc(N)c2nc(-c3cncc(F)c3)n(Cc3ccc(CN4CC(C(F)F)C4)cc3)c2n1. The molecule has 5 rings (SSSR count). The van der Waals surface area contributed by atoms with Gasteiger partial charge in [0, 0.05) is 37.3 Å². The smallest absolute Gasteiger partial charge is 0.243 e. The van der Waals surface area contributed by atoms with Crippen LogP contribution < -0.4 is 5.73 Å². The molecule has 0 unspecified atom stereocenters. The normalized spacial score (nSPS) is 14.8. The summed E-state index contributed by atoms with van der Waals surface area (Å²) in [5.41, 5.74) is 9.63. The molecule has 3 aromatic heterocycles. The number of imidazole rings is 1. The monoisotopic (exact) mass is 453 g/mol. The van der Waals surface area contributed by atoms with E-state index in [9.17, 15) is 13.2 Å². The lowest BCUT2D eigenvalue weighted by atomic mass is 9.99. The molecule has 0 aliphatic carbocycles. The number of benzene rings is 1. The molecule has 7 nitrogen and oxygen atoms in total. The average Bonchev–Trinajstić information content (AvgIpc) is 3.10. The highest BCUT2D eigenvalue weighted by atomic mass is 19.3. The second-order valence-electron chi connectivity index (χ2n) is 8.35. The second kappa shape index (κ2) is 8.43. The van der Waals surface area contributed by atoms with Gasteiger partial charge in [-0.05, 0) is 24.1 Å². The Morgan fingerprint density at radius 1 is 1.03 bits per heavy atom. The van der Waals surface area contributed by atoms with Crippen LogP contribution in [0.1, 0.15) is 17.0 Å². The molecular weight excluding hydrogens is 431 g/mol. The molecule has 1 aliphatic rings. The summed E-state index contributed by atoms with van der Waals surface area (Å²) < 4.78 is 41.1. The van der Waals surface area contributed by atoms with E-state index in [-0.39, 0.29) is 5.82 Å². The lowest BCUT2D eigenvalue weighted by Crippen LogP contribution is -2.49. The third kappa shape index (κ3) is 4.25. The van der Waals surface area contributed by atoms with E-state index in [1.54, 1.807) is 13.1 Å². The Balaban J connectivity index is 1.44. The first-order valence-electron chi connectivity index (χ1n) is 10.6. The zero-order valence-electron chi connectivity index (χ0n) is 17.9. The number of hydrogen-bond acceptors (Lipinski definition) is 6. The number of anilines is 1. The summed E-state index contributed by atoms with van der Waals surface area (Å²) in [6.07, 6.45) is 0.424. The van der Waals surface area contributed by atoms with Gasteiger partial charge >= 0.3 is 0 Å². The number of rotatable bonds is 6. The minimum Gasteiger partial charge on any atom is -0.382 e. The van der Waals surface area contributed by atoms with Crippen molar-refractivity contribution in [2.75, 3.05) is 18.8 Å². The number of nitrogen functional groups attached to an aromatic ring is 1. The number of aromatic nitrogens is 5. The van der Waals surface area contributed by atoms with Gasteiger partial charge in [0.2, 0.25) is 6.43 Å². The van der Waals surface area contributed by atoms with E-state index in [2.05, 4.69) is 19.9 Å². The number of pyridine rings is 1. The Morgan fingerprint density at radius 2 is 1.73 bits per heavy atom. The zero-order chi connectivity index (χ0) is 23.1. The highest BCUT2D eigenvalue weighted by molar-refractivity contribution is 5.85. The molecular formula is C23H22F3N7. The Morgan fingerprint density at radius 3 is 2.39 bits per heavy atom. The number of halogens is 3. The molecule has 0 radical (unpaired) electrons. The van der Waals surface area contributed by atoms with Gasteiger partial charge in [-0.3, -0.25) is 9.88 Å². The molecule has 0 spiro atoms. The van der Waals surface area contributed by atoms with E-state index in [4.69, 9.17) is 5.73 Å². The lowest BCUT2D eigenvalue weighted by Gasteiger charge is -2.38. The molecule has 0 amide bonds. The van der Waals surface area contributed by atoms with E-state index < -0.39 is 18.2 Å². The summed E-state index contributed by atoms with van der Waals surface area (Å²) in [6, 6.07) is 9.31. The first-order chi connectivity index (χ1) is 15.9. The number of nitrogens with two attached hydrogens (primary N) is 1. The van der Waals surface area contributed by atoms with E-state index in [0.717, 1.165) is 17.3 Å². The van der Waals surface area contributed by atoms with Crippen molar-refractivity contribution in [2.24, 2.45) is 5.92 Å². The number of likely N-dealkylation sites (tertiary alicyclic amines) is 1. The number of hydrogen-bond donors (Lipinski definition) is 1. The van der Waals surface area contributed by atoms with Crippen LogP contribution in [0.3, 0.4) is 0 Å². The summed E-state index contributed by atoms with van der Waals surface area (Å²) >= 11 is 0. The maximum Gasteiger partial charge on any atom is 0.243 e. The Hall–Kier alpha value is -3.53. The van der Waals surface area contributed by atoms with E-state index in [1.807, 2.05) is 33.7 Å². The summed E-state index contributed by atoms with van der Waals surface area (Å²) in [4.78, 5) is 19.3. The third-order valence-electron chi connectivity index (χ3n) is 5.81. The van der Waals surface area contributed by atoms with Crippen molar-refractivity contribution in [3.63, 3.8) is 0 Å². The fourth-order valence-electron chi connectivity index (χ4n) is 4.13. The number of alkyl halides is 2. The molecule has 4 aromatic rings. The summed E-state index contributed by atoms with van der Waals surface area (Å²) in [5, 5.41) is 0. The van der Waals surface area contributed by atoms with E-state index in [1.165, 1.54) is 6.07 Å². The predicted octanol–water partition coefficient (Wildman–Crippen LogP) is 3.66. The largest absolute Gasteiger partial charge is 0.382 e. The van der Waals surface area contributed by atoms with Gasteiger partial charge in [0.05, 0.1) is 12.7 Å². The van der Waals surface area contributed by atoms with Crippen LogP contribution in [0, 0.1) is 18.7 Å². The molecule has 170 valence electrons. The van der Waals surface area contributed by atoms with Crippen LogP contribution in [0.2, 0.25) is 0 Å². The molecule has 0 bridgehead atoms. The minimum atomic E-state index is -2.25. The standard InChI is InChI=1S/C23H22F3N7/c1-13-29-21(27)19-23(30-13)33(22(31-19)16-6-18(24)8-28-7-16)10-15-4-2-14(3-5-15)9-32-11-17(12-32)20(25)26/h2-8,17,20H,9-12H2,1H3,(H2,27,29,30). The fourth-order valence-corrected chi connectivity index (χ4v) is 4.13. The van der Waals surface area contributed by atoms with Gasteiger partial charge in [-0.1, -0.05) is 24.3 Å². The Kier molecular flexibility index (Phi) is 5.45. The van der Waals surface area contributed by atoms with Crippen molar-refractivity contribution >= 4 is 17.0 Å². The lowest BCUT2D eigenvalue weighted by molar-refractivity contribution is -0.0279. The van der Waals surface area contributed by atoms with Gasteiger partial charge in [-0.25, -0.2) is 28.1 Å². The first kappa shape index (κ1) is 21.3. The minimum absolute atomic E-state index is 0.258. The van der Waals surface area contributed by atoms with Crippen molar-refractivity contribution in [2.45, 2.75) is 26.4 Å². The number of fused-ring (bicyclic) bond motifs is 1. The van der Waals surface area contributed by atoms with E-state index in [0.29, 0.717) is 54.6 Å². The van der Waals surface area contributed by atoms with Gasteiger partial charge in [0.1, 0.15) is 17.5 Å². The molecule has 33 heavy (non-hydrogen) atoms. The third-order valence-corrected chi connectivity index (χ3v) is 5.81. The van der Waals surface area contributed by atoms with Crippen LogP contribution in [0.25, 0.3) is 22.6 Å². The summed E-state index contributed by atoms with van der Waals surface area (Å²) in [6.45, 7) is 3.66. The first-order valence-corrected chi connectivity index (χ1v) is 10.6. The predicted molar refractivity (Wildman–Crippen MR) is 118 cm³/mol. The highest BCUT2D eigenvalue weighted by Gasteiger charge is 2.33. The van der Waals surface area contributed by atoms with Gasteiger partial charge in [0.15, 0.2) is 17.0 Å². The van der Waals surface area contributed by atoms with Crippen molar-refractivity contribution < 1.29 is 13.2 Å². The maximum absolute atomic E-state index is 13.9. The highest BCUT2D eigenvalue weighted by Crippen LogP contribution is 2.28. The van der Waals surface area contributed by atoms with Crippen molar-refractivity contribution in [1.82, 2.24) is 29.4 Å². The fraction of sp³-hybridized carbons (Fsp3) is 0.304. The molecule has 4 heterocycles. The molecule has 0 atom stereocenters. The van der Waals surface area contributed by atoms with Crippen LogP contribution in [-0.2, 0) is 13.1 Å². The van der Waals surface area contributed by atoms with Gasteiger partial charge < -0.3 is 10.3 Å². The van der Waals surface area contributed by atoms with Crippen molar-refractivity contribution in [1.29, 1.82) is 0 Å². The second-order valence-corrected chi connectivity index (χ2v) is 8.35. The molecule has 0 saturated carbocycles. The molecule has 1 fully saturated rings. The van der Waals surface area contributed by atoms with Crippen molar-refractivity contribution in [3.05, 3.63) is 65.5 Å². The zero-order valence-corrected chi connectivity index (χ0v) is 17.9. The molecule has 1 aliphatic heterocycles. The van der Waals surface area contributed by atoms with Crippen LogP contribution >= 0.6 is 0 Å². The molecule has 1 saturated heterocycles. The summed E-state index contributed by atoms with van der Waals surface area (Å²) in [5.74, 6) is 0.274. The van der Waals surface area contributed by atoms with E-state index >= 15 is 0 Å². The molecule has 1 aromatic carbocycles. The van der Waals surface area contributed by atoms with Gasteiger partial charge in [-0.15, -0.1) is 0 Å². The van der Waals surface area contributed by atoms with Crippen LogP contribution in [-0.4, -0.2) is 48.9 Å². The van der Waals surface area contributed by atoms with Crippen LogP contribution in [0.15, 0.2) is 42.7 Å². The van der Waals surface area contributed by atoms with Gasteiger partial charge in [0.25, 0.3) is 0 Å². The Labute approximate surface area is 188 Å². The number of nitrogens with zero attached hydrogens (tertiary/aromatic N) is 6. The Bertz CT molecular complexity index is 1300. The topological polar surface area (TPSA) is 85.8 Å². The van der Waals surface area contributed by atoms with Crippen LogP contribution in [0.5, 0.6) is 0 Å². The van der Waals surface area contributed by atoms with Gasteiger partial charge in [-0.2, -0.15) is 0 Å². The maximum atomic E-state index is 13.9. The summed E-state index contributed by atoms with van der Waals surface area (Å²) in [7, 11) is 0. The van der Waals surface area contributed by atoms with Crippen molar-refractivity contribution in [3.8, 4) is 11.4 Å². The quantitative estimate of drug-likeness (QED) is 0.480. The molecule has 10 heteroatoms. The van der Waals surface area contributed by atoms with Crippen LogP contribution in [0.4, 0.5) is 19.0 Å². The average molecular weight is 453 g/mol. The number of aryl methyl sites for hydroxylation is 1.